The summed E-state index contributed by atoms with van der Waals surface area (Å²) in [6.07, 6.45) is -2.78. The summed E-state index contributed by atoms with van der Waals surface area (Å²) in [5.41, 5.74) is 2.97. The lowest BCUT2D eigenvalue weighted by Crippen LogP contribution is -2.46. The molecule has 0 aliphatic carbocycles. The molecule has 1 aliphatic rings. The Morgan fingerprint density at radius 3 is 2.32 bits per heavy atom. The van der Waals surface area contributed by atoms with Crippen LogP contribution in [-0.4, -0.2) is 72.1 Å². The maximum atomic E-state index is 14.3. The first-order valence-electron chi connectivity index (χ1n) is 13.3. The van der Waals surface area contributed by atoms with E-state index < -0.39 is 24.0 Å². The zero-order valence-electron chi connectivity index (χ0n) is 23.7. The van der Waals surface area contributed by atoms with E-state index in [4.69, 9.17) is 9.47 Å². The Kier molecular flexibility index (Phi) is 9.01. The molecule has 9 nitrogen and oxygen atoms in total. The lowest BCUT2D eigenvalue weighted by molar-refractivity contribution is -0.191. The van der Waals surface area contributed by atoms with Crippen LogP contribution in [0.25, 0.3) is 11.0 Å². The molecule has 4 rings (SSSR count). The van der Waals surface area contributed by atoms with Crippen LogP contribution in [-0.2, 0) is 14.3 Å². The molecule has 41 heavy (non-hydrogen) atoms. The summed E-state index contributed by atoms with van der Waals surface area (Å²) in [5, 5.41) is 3.22. The van der Waals surface area contributed by atoms with Crippen molar-refractivity contribution in [1.82, 2.24) is 19.8 Å². The van der Waals surface area contributed by atoms with Crippen molar-refractivity contribution < 1.29 is 32.2 Å². The number of anilines is 2. The zero-order chi connectivity index (χ0) is 29.9. The molecule has 2 atom stereocenters. The SMILES string of the molecule is COc1ccc2ncc(Nc3ccc([C@H](N(C)C(=O)C4CCN(C(C)=O)CC4)C(F)(F)F)cc3)c([C@H](C)OC)c2n1. The molecule has 3 aromatic rings. The molecule has 3 heterocycles. The third-order valence-corrected chi connectivity index (χ3v) is 7.54. The number of carbonyl (C=O) groups is 2. The number of nitrogens with zero attached hydrogens (tertiary/aromatic N) is 4. The fourth-order valence-electron chi connectivity index (χ4n) is 5.20. The molecule has 2 amide bonds. The van der Waals surface area contributed by atoms with Gasteiger partial charge in [-0.2, -0.15) is 13.2 Å². The van der Waals surface area contributed by atoms with Gasteiger partial charge in [-0.05, 0) is 43.5 Å². The number of carbonyl (C=O) groups excluding carboxylic acids is 2. The third kappa shape index (κ3) is 6.53. The largest absolute Gasteiger partial charge is 0.481 e. The number of alkyl halides is 3. The van der Waals surface area contributed by atoms with Gasteiger partial charge in [0.1, 0.15) is 5.52 Å². The summed E-state index contributed by atoms with van der Waals surface area (Å²) in [6, 6.07) is 7.15. The van der Waals surface area contributed by atoms with Crippen LogP contribution < -0.4 is 10.1 Å². The number of hydrogen-bond acceptors (Lipinski definition) is 7. The summed E-state index contributed by atoms with van der Waals surface area (Å²) in [7, 11) is 4.27. The van der Waals surface area contributed by atoms with Crippen molar-refractivity contribution in [3.8, 4) is 5.88 Å². The first kappa shape index (κ1) is 30.0. The van der Waals surface area contributed by atoms with Crippen molar-refractivity contribution in [2.24, 2.45) is 5.92 Å². The Labute approximate surface area is 236 Å². The first-order valence-corrected chi connectivity index (χ1v) is 13.3. The van der Waals surface area contributed by atoms with Crippen LogP contribution in [0.2, 0.25) is 0 Å². The van der Waals surface area contributed by atoms with Gasteiger partial charge in [-0.25, -0.2) is 4.98 Å². The number of methoxy groups -OCH3 is 2. The van der Waals surface area contributed by atoms with Gasteiger partial charge >= 0.3 is 6.18 Å². The van der Waals surface area contributed by atoms with Crippen molar-refractivity contribution in [2.75, 3.05) is 39.7 Å². The molecule has 0 spiro atoms. The monoisotopic (exact) mass is 573 g/mol. The Morgan fingerprint density at radius 1 is 1.10 bits per heavy atom. The molecule has 0 radical (unpaired) electrons. The zero-order valence-corrected chi connectivity index (χ0v) is 23.7. The van der Waals surface area contributed by atoms with Crippen LogP contribution in [0.4, 0.5) is 24.5 Å². The van der Waals surface area contributed by atoms with Gasteiger partial charge in [-0.1, -0.05) is 12.1 Å². The minimum absolute atomic E-state index is 0.0615. The maximum Gasteiger partial charge on any atom is 0.413 e. The molecule has 1 fully saturated rings. The van der Waals surface area contributed by atoms with E-state index in [9.17, 15) is 22.8 Å². The first-order chi connectivity index (χ1) is 19.4. The van der Waals surface area contributed by atoms with Gasteiger partial charge in [0.2, 0.25) is 17.7 Å². The average Bonchev–Trinajstić information content (AvgIpc) is 2.96. The second-order valence-corrected chi connectivity index (χ2v) is 10.1. The summed E-state index contributed by atoms with van der Waals surface area (Å²) in [5.74, 6) is -0.853. The highest BCUT2D eigenvalue weighted by Crippen LogP contribution is 2.39. The highest BCUT2D eigenvalue weighted by molar-refractivity contribution is 5.85. The number of halogens is 3. The molecular formula is C29H34F3N5O4. The van der Waals surface area contributed by atoms with Crippen molar-refractivity contribution >= 4 is 34.2 Å². The number of amides is 2. The van der Waals surface area contributed by atoms with Gasteiger partial charge in [0, 0.05) is 57.4 Å². The Bertz CT molecular complexity index is 1390. The number of piperidine rings is 1. The van der Waals surface area contributed by atoms with Crippen LogP contribution in [0.15, 0.2) is 42.6 Å². The van der Waals surface area contributed by atoms with Gasteiger partial charge in [0.15, 0.2) is 6.04 Å². The number of aromatic nitrogens is 2. The van der Waals surface area contributed by atoms with E-state index in [0.29, 0.717) is 54.2 Å². The fraction of sp³-hybridized carbons (Fsp3) is 0.448. The smallest absolute Gasteiger partial charge is 0.413 e. The van der Waals surface area contributed by atoms with Gasteiger partial charge in [-0.15, -0.1) is 0 Å². The fourth-order valence-corrected chi connectivity index (χ4v) is 5.20. The second kappa shape index (κ2) is 12.3. The molecule has 1 aliphatic heterocycles. The van der Waals surface area contributed by atoms with E-state index >= 15 is 0 Å². The van der Waals surface area contributed by atoms with Crippen LogP contribution >= 0.6 is 0 Å². The number of hydrogen-bond donors (Lipinski definition) is 1. The highest BCUT2D eigenvalue weighted by Gasteiger charge is 2.46. The number of fused-ring (bicyclic) bond motifs is 1. The predicted octanol–water partition coefficient (Wildman–Crippen LogP) is 5.41. The van der Waals surface area contributed by atoms with Crippen LogP contribution in [0, 0.1) is 5.92 Å². The molecule has 220 valence electrons. The topological polar surface area (TPSA) is 96.9 Å². The molecule has 1 saturated heterocycles. The van der Waals surface area contributed by atoms with Gasteiger partial charge in [0.05, 0.1) is 30.6 Å². The average molecular weight is 574 g/mol. The lowest BCUT2D eigenvalue weighted by Gasteiger charge is -2.36. The van der Waals surface area contributed by atoms with Crippen molar-refractivity contribution in [2.45, 2.75) is 45.0 Å². The molecule has 2 aromatic heterocycles. The third-order valence-electron chi connectivity index (χ3n) is 7.54. The van der Waals surface area contributed by atoms with Crippen molar-refractivity contribution in [1.29, 1.82) is 0 Å². The van der Waals surface area contributed by atoms with Crippen LogP contribution in [0.3, 0.4) is 0 Å². The van der Waals surface area contributed by atoms with Crippen molar-refractivity contribution in [3.63, 3.8) is 0 Å². The minimum atomic E-state index is -4.69. The number of ether oxygens (including phenoxy) is 2. The van der Waals surface area contributed by atoms with E-state index in [1.807, 2.05) is 6.92 Å². The molecule has 0 bridgehead atoms. The van der Waals surface area contributed by atoms with Crippen LogP contribution in [0.1, 0.15) is 50.0 Å². The molecular weight excluding hydrogens is 539 g/mol. The number of pyridine rings is 2. The van der Waals surface area contributed by atoms with Crippen LogP contribution in [0.5, 0.6) is 5.88 Å². The van der Waals surface area contributed by atoms with E-state index in [1.165, 1.54) is 45.3 Å². The molecule has 1 aromatic carbocycles. The highest BCUT2D eigenvalue weighted by atomic mass is 19.4. The van der Waals surface area contributed by atoms with E-state index in [-0.39, 0.29) is 17.6 Å². The molecule has 12 heteroatoms. The molecule has 0 saturated carbocycles. The van der Waals surface area contributed by atoms with E-state index in [2.05, 4.69) is 15.3 Å². The number of likely N-dealkylation sites (tertiary alicyclic amines) is 1. The van der Waals surface area contributed by atoms with Crippen molar-refractivity contribution in [3.05, 3.63) is 53.7 Å². The second-order valence-electron chi connectivity index (χ2n) is 10.1. The molecule has 0 unspecified atom stereocenters. The quantitative estimate of drug-likeness (QED) is 0.385. The Morgan fingerprint density at radius 2 is 1.76 bits per heavy atom. The number of nitrogens with one attached hydrogen (secondary N) is 1. The lowest BCUT2D eigenvalue weighted by atomic mass is 9.94. The normalized spacial score (nSPS) is 15.9. The summed E-state index contributed by atoms with van der Waals surface area (Å²) < 4.78 is 53.7. The van der Waals surface area contributed by atoms with E-state index in [1.54, 1.807) is 30.3 Å². The van der Waals surface area contributed by atoms with E-state index in [0.717, 1.165) is 10.5 Å². The van der Waals surface area contributed by atoms with Gasteiger partial charge in [-0.3, -0.25) is 14.6 Å². The number of benzene rings is 1. The molecule has 1 N–H and O–H groups in total. The van der Waals surface area contributed by atoms with Gasteiger partial charge in [0.25, 0.3) is 0 Å². The minimum Gasteiger partial charge on any atom is -0.481 e. The van der Waals surface area contributed by atoms with Gasteiger partial charge < -0.3 is 24.6 Å². The standard InChI is InChI=1S/C29H34F3N5O4/c1-17(40-4)25-23(16-33-22-10-11-24(41-5)35-26(22)25)34-21-8-6-19(7-9-21)27(29(30,31)32)36(3)28(39)20-12-14-37(15-13-20)18(2)38/h6-11,16-17,20,27,34H,12-15H2,1-5H3/t17-,27-/m0/s1. The predicted molar refractivity (Wildman–Crippen MR) is 148 cm³/mol. The maximum absolute atomic E-state index is 14.3. The summed E-state index contributed by atoms with van der Waals surface area (Å²) >= 11 is 0. The summed E-state index contributed by atoms with van der Waals surface area (Å²) in [6.45, 7) is 4.00. The summed E-state index contributed by atoms with van der Waals surface area (Å²) in [4.78, 5) is 36.1. The Balaban J connectivity index is 1.58. The number of rotatable bonds is 8. The Hall–Kier alpha value is -3.93.